The Bertz CT molecular complexity index is 648. The van der Waals surface area contributed by atoms with Crippen LogP contribution in [0.5, 0.6) is 0 Å². The number of hydrogen-bond acceptors (Lipinski definition) is 5. The second-order valence-electron chi connectivity index (χ2n) is 4.82. The minimum atomic E-state index is -3.40. The molecule has 0 saturated carbocycles. The number of nitrogens with zero attached hydrogens (tertiary/aromatic N) is 1. The average Bonchev–Trinajstić information content (AvgIpc) is 3.10. The maximum Gasteiger partial charge on any atom is 0.243 e. The van der Waals surface area contributed by atoms with E-state index < -0.39 is 10.0 Å². The first-order chi connectivity index (χ1) is 10.0. The van der Waals surface area contributed by atoms with Crippen LogP contribution in [0.3, 0.4) is 0 Å². The lowest BCUT2D eigenvalue weighted by atomic mass is 10.3. The Morgan fingerprint density at radius 1 is 1.33 bits per heavy atom. The van der Waals surface area contributed by atoms with Crippen LogP contribution in [0.25, 0.3) is 0 Å². The summed E-state index contributed by atoms with van der Waals surface area (Å²) in [6, 6.07) is 3.72. The van der Waals surface area contributed by atoms with Crippen molar-refractivity contribution in [3.05, 3.63) is 38.7 Å². The SMILES string of the molecule is CCCNCc1cc(S(=O)(=O)N(C)Cc2ccsc2)cs1. The monoisotopic (exact) mass is 344 g/mol. The fourth-order valence-electron chi connectivity index (χ4n) is 1.88. The topological polar surface area (TPSA) is 49.4 Å². The molecule has 2 heterocycles. The Hall–Kier alpha value is -0.730. The number of thiophene rings is 2. The summed E-state index contributed by atoms with van der Waals surface area (Å²) < 4.78 is 26.4. The van der Waals surface area contributed by atoms with Crippen LogP contribution in [0.2, 0.25) is 0 Å². The Kier molecular flexibility index (Phi) is 5.95. The molecule has 21 heavy (non-hydrogen) atoms. The van der Waals surface area contributed by atoms with Gasteiger partial charge in [-0.25, -0.2) is 8.42 Å². The molecule has 4 nitrogen and oxygen atoms in total. The van der Waals surface area contributed by atoms with E-state index >= 15 is 0 Å². The molecule has 0 aliphatic rings. The van der Waals surface area contributed by atoms with E-state index in [0.717, 1.165) is 30.0 Å². The molecule has 1 N–H and O–H groups in total. The zero-order valence-electron chi connectivity index (χ0n) is 12.2. The van der Waals surface area contributed by atoms with Gasteiger partial charge in [0.05, 0.1) is 4.90 Å². The second kappa shape index (κ2) is 7.51. The van der Waals surface area contributed by atoms with Crippen LogP contribution in [0.15, 0.2) is 33.2 Å². The van der Waals surface area contributed by atoms with E-state index in [9.17, 15) is 8.42 Å². The van der Waals surface area contributed by atoms with E-state index in [1.807, 2.05) is 16.8 Å². The molecule has 0 bridgehead atoms. The highest BCUT2D eigenvalue weighted by Crippen LogP contribution is 2.23. The van der Waals surface area contributed by atoms with Crippen LogP contribution in [-0.4, -0.2) is 26.3 Å². The fraction of sp³-hybridized carbons (Fsp3) is 0.429. The van der Waals surface area contributed by atoms with Crippen molar-refractivity contribution in [2.75, 3.05) is 13.6 Å². The van der Waals surface area contributed by atoms with Gasteiger partial charge in [-0.05, 0) is 41.4 Å². The molecule has 7 heteroatoms. The predicted molar refractivity (Wildman–Crippen MR) is 89.3 cm³/mol. The summed E-state index contributed by atoms with van der Waals surface area (Å²) in [4.78, 5) is 1.43. The van der Waals surface area contributed by atoms with E-state index in [2.05, 4.69) is 12.2 Å². The summed E-state index contributed by atoms with van der Waals surface area (Å²) >= 11 is 3.06. The van der Waals surface area contributed by atoms with Crippen LogP contribution in [0, 0.1) is 0 Å². The smallest absolute Gasteiger partial charge is 0.243 e. The molecular formula is C14H20N2O2S3. The van der Waals surface area contributed by atoms with E-state index in [4.69, 9.17) is 0 Å². The van der Waals surface area contributed by atoms with Crippen molar-refractivity contribution in [2.45, 2.75) is 31.3 Å². The van der Waals surface area contributed by atoms with Crippen molar-refractivity contribution < 1.29 is 8.42 Å². The number of sulfonamides is 1. The molecule has 2 rings (SSSR count). The van der Waals surface area contributed by atoms with Gasteiger partial charge in [-0.15, -0.1) is 11.3 Å². The van der Waals surface area contributed by atoms with Gasteiger partial charge in [0.2, 0.25) is 10.0 Å². The summed E-state index contributed by atoms with van der Waals surface area (Å²) in [6.45, 7) is 4.18. The third-order valence-corrected chi connectivity index (χ3v) is 6.65. The van der Waals surface area contributed by atoms with E-state index in [-0.39, 0.29) is 0 Å². The van der Waals surface area contributed by atoms with Crippen LogP contribution >= 0.6 is 22.7 Å². The molecule has 0 spiro atoms. The van der Waals surface area contributed by atoms with Crippen molar-refractivity contribution in [3.8, 4) is 0 Å². The van der Waals surface area contributed by atoms with Crippen molar-refractivity contribution in [1.82, 2.24) is 9.62 Å². The molecule has 0 amide bonds. The molecule has 0 atom stereocenters. The molecule has 2 aromatic rings. The minimum absolute atomic E-state index is 0.388. The molecule has 0 fully saturated rings. The highest BCUT2D eigenvalue weighted by atomic mass is 32.2. The average molecular weight is 345 g/mol. The van der Waals surface area contributed by atoms with E-state index in [1.54, 1.807) is 29.8 Å². The lowest BCUT2D eigenvalue weighted by molar-refractivity contribution is 0.467. The summed E-state index contributed by atoms with van der Waals surface area (Å²) in [6.07, 6.45) is 1.07. The lowest BCUT2D eigenvalue weighted by Gasteiger charge is -2.15. The molecule has 0 radical (unpaired) electrons. The quantitative estimate of drug-likeness (QED) is 0.749. The lowest BCUT2D eigenvalue weighted by Crippen LogP contribution is -2.26. The fourth-order valence-corrected chi connectivity index (χ4v) is 4.93. The van der Waals surface area contributed by atoms with Crippen LogP contribution in [0.4, 0.5) is 0 Å². The van der Waals surface area contributed by atoms with Crippen molar-refractivity contribution in [2.24, 2.45) is 0 Å². The van der Waals surface area contributed by atoms with Gasteiger partial charge in [0.15, 0.2) is 0 Å². The van der Waals surface area contributed by atoms with Crippen LogP contribution in [0.1, 0.15) is 23.8 Å². The summed E-state index contributed by atoms with van der Waals surface area (Å²) in [5.74, 6) is 0. The van der Waals surface area contributed by atoms with Gasteiger partial charge in [-0.3, -0.25) is 0 Å². The highest BCUT2D eigenvalue weighted by Gasteiger charge is 2.22. The first-order valence-electron chi connectivity index (χ1n) is 6.79. The molecule has 0 aliphatic carbocycles. The van der Waals surface area contributed by atoms with E-state index in [1.165, 1.54) is 15.6 Å². The van der Waals surface area contributed by atoms with Gasteiger partial charge in [0, 0.05) is 30.4 Å². The van der Waals surface area contributed by atoms with Crippen LogP contribution < -0.4 is 5.32 Å². The zero-order valence-corrected chi connectivity index (χ0v) is 14.7. The highest BCUT2D eigenvalue weighted by molar-refractivity contribution is 7.89. The molecule has 0 aliphatic heterocycles. The molecule has 0 unspecified atom stereocenters. The summed E-state index contributed by atoms with van der Waals surface area (Å²) in [5, 5.41) is 8.94. The predicted octanol–water partition coefficient (Wildman–Crippen LogP) is 3.13. The first-order valence-corrected chi connectivity index (χ1v) is 10.1. The number of rotatable bonds is 8. The molecular weight excluding hydrogens is 324 g/mol. The Morgan fingerprint density at radius 3 is 2.81 bits per heavy atom. The summed E-state index contributed by atoms with van der Waals surface area (Å²) in [5.41, 5.74) is 1.02. The second-order valence-corrected chi connectivity index (χ2v) is 8.64. The normalized spacial score (nSPS) is 12.1. The van der Waals surface area contributed by atoms with Crippen LogP contribution in [-0.2, 0) is 23.1 Å². The van der Waals surface area contributed by atoms with Gasteiger partial charge in [0.25, 0.3) is 0 Å². The molecule has 2 aromatic heterocycles. The third-order valence-electron chi connectivity index (χ3n) is 3.05. The molecule has 0 saturated heterocycles. The number of nitrogens with one attached hydrogen (secondary N) is 1. The number of hydrogen-bond donors (Lipinski definition) is 1. The van der Waals surface area contributed by atoms with Gasteiger partial charge >= 0.3 is 0 Å². The molecule has 0 aromatic carbocycles. The standard InChI is InChI=1S/C14H20N2O2S3/c1-3-5-15-8-13-7-14(11-20-13)21(17,18)16(2)9-12-4-6-19-10-12/h4,6-7,10-11,15H,3,5,8-9H2,1-2H3. The largest absolute Gasteiger partial charge is 0.312 e. The third kappa shape index (κ3) is 4.37. The Labute approximate surface area is 134 Å². The van der Waals surface area contributed by atoms with Crippen molar-refractivity contribution in [3.63, 3.8) is 0 Å². The maximum absolute atomic E-state index is 12.5. The summed E-state index contributed by atoms with van der Waals surface area (Å²) in [7, 11) is -1.78. The molecule has 116 valence electrons. The van der Waals surface area contributed by atoms with Gasteiger partial charge in [-0.2, -0.15) is 15.6 Å². The van der Waals surface area contributed by atoms with Crippen molar-refractivity contribution in [1.29, 1.82) is 0 Å². The van der Waals surface area contributed by atoms with E-state index in [0.29, 0.717) is 11.4 Å². The van der Waals surface area contributed by atoms with Gasteiger partial charge < -0.3 is 5.32 Å². The Balaban J connectivity index is 2.04. The van der Waals surface area contributed by atoms with Crippen molar-refractivity contribution >= 4 is 32.7 Å². The zero-order chi connectivity index (χ0) is 15.3. The first kappa shape index (κ1) is 16.6. The Morgan fingerprint density at radius 2 is 2.14 bits per heavy atom. The maximum atomic E-state index is 12.5. The van der Waals surface area contributed by atoms with Gasteiger partial charge in [0.1, 0.15) is 0 Å². The minimum Gasteiger partial charge on any atom is -0.312 e. The van der Waals surface area contributed by atoms with Gasteiger partial charge in [-0.1, -0.05) is 6.92 Å².